The molecule has 108 valence electrons. The maximum Gasteiger partial charge on any atom is 0.227 e. The van der Waals surface area contributed by atoms with Crippen molar-refractivity contribution < 1.29 is 4.79 Å². The summed E-state index contributed by atoms with van der Waals surface area (Å²) in [7, 11) is 0. The highest BCUT2D eigenvalue weighted by atomic mass is 16.2. The standard InChI is InChI=1S/C19H21NO/c1-2-15-7-9-16(10-8-15)13-19(21)20-12-11-17-5-3-4-6-18(17)14-20/h3-10H,2,11-14H2,1H3. The monoisotopic (exact) mass is 279 g/mol. The number of rotatable bonds is 3. The Kier molecular flexibility index (Phi) is 4.05. The van der Waals surface area contributed by atoms with Crippen LogP contribution in [-0.2, 0) is 30.6 Å². The molecule has 2 aromatic rings. The van der Waals surface area contributed by atoms with Crippen molar-refractivity contribution >= 4 is 5.91 Å². The molecular weight excluding hydrogens is 258 g/mol. The first-order chi connectivity index (χ1) is 10.3. The van der Waals surface area contributed by atoms with Crippen LogP contribution < -0.4 is 0 Å². The van der Waals surface area contributed by atoms with Gasteiger partial charge in [-0.3, -0.25) is 4.79 Å². The Morgan fingerprint density at radius 2 is 1.67 bits per heavy atom. The first-order valence-corrected chi connectivity index (χ1v) is 7.68. The third-order valence-electron chi connectivity index (χ3n) is 4.27. The summed E-state index contributed by atoms with van der Waals surface area (Å²) in [6, 6.07) is 16.8. The molecule has 1 aliphatic rings. The second-order valence-electron chi connectivity index (χ2n) is 5.68. The molecule has 0 aliphatic carbocycles. The number of carbonyl (C=O) groups excluding carboxylic acids is 1. The fourth-order valence-electron chi connectivity index (χ4n) is 2.89. The van der Waals surface area contributed by atoms with Gasteiger partial charge in [0.1, 0.15) is 0 Å². The van der Waals surface area contributed by atoms with Gasteiger partial charge in [0.25, 0.3) is 0 Å². The van der Waals surface area contributed by atoms with Gasteiger partial charge in [0.05, 0.1) is 6.42 Å². The number of hydrogen-bond donors (Lipinski definition) is 0. The average Bonchev–Trinajstić information content (AvgIpc) is 2.55. The summed E-state index contributed by atoms with van der Waals surface area (Å²) < 4.78 is 0. The zero-order valence-corrected chi connectivity index (χ0v) is 12.5. The molecule has 3 rings (SSSR count). The Hall–Kier alpha value is -2.09. The van der Waals surface area contributed by atoms with E-state index in [2.05, 4.69) is 55.5 Å². The van der Waals surface area contributed by atoms with Crippen LogP contribution in [0.15, 0.2) is 48.5 Å². The van der Waals surface area contributed by atoms with Gasteiger partial charge in [-0.15, -0.1) is 0 Å². The molecule has 0 spiro atoms. The van der Waals surface area contributed by atoms with Crippen LogP contribution in [0.2, 0.25) is 0 Å². The van der Waals surface area contributed by atoms with Crippen LogP contribution in [0.3, 0.4) is 0 Å². The highest BCUT2D eigenvalue weighted by Gasteiger charge is 2.20. The molecule has 21 heavy (non-hydrogen) atoms. The summed E-state index contributed by atoms with van der Waals surface area (Å²) in [6.07, 6.45) is 2.51. The third kappa shape index (κ3) is 3.15. The van der Waals surface area contributed by atoms with Gasteiger partial charge in [0.15, 0.2) is 0 Å². The van der Waals surface area contributed by atoms with Crippen molar-refractivity contribution in [3.63, 3.8) is 0 Å². The molecule has 0 atom stereocenters. The lowest BCUT2D eigenvalue weighted by molar-refractivity contribution is -0.131. The Labute approximate surface area is 126 Å². The molecule has 1 heterocycles. The first kappa shape index (κ1) is 13.9. The van der Waals surface area contributed by atoms with Crippen LogP contribution in [0.5, 0.6) is 0 Å². The summed E-state index contributed by atoms with van der Waals surface area (Å²) in [4.78, 5) is 14.4. The molecule has 1 amide bonds. The number of carbonyl (C=O) groups is 1. The zero-order chi connectivity index (χ0) is 14.7. The van der Waals surface area contributed by atoms with Crippen molar-refractivity contribution in [2.24, 2.45) is 0 Å². The second kappa shape index (κ2) is 6.13. The van der Waals surface area contributed by atoms with Crippen LogP contribution in [0.4, 0.5) is 0 Å². The highest BCUT2D eigenvalue weighted by Crippen LogP contribution is 2.19. The number of benzene rings is 2. The first-order valence-electron chi connectivity index (χ1n) is 7.68. The Balaban J connectivity index is 1.66. The zero-order valence-electron chi connectivity index (χ0n) is 12.5. The fourth-order valence-corrected chi connectivity index (χ4v) is 2.89. The van der Waals surface area contributed by atoms with Gasteiger partial charge in [-0.05, 0) is 35.1 Å². The Morgan fingerprint density at radius 1 is 1.00 bits per heavy atom. The predicted octanol–water partition coefficient (Wildman–Crippen LogP) is 3.38. The van der Waals surface area contributed by atoms with Crippen LogP contribution in [-0.4, -0.2) is 17.4 Å². The highest BCUT2D eigenvalue weighted by molar-refractivity contribution is 5.79. The minimum atomic E-state index is 0.230. The lowest BCUT2D eigenvalue weighted by Gasteiger charge is -2.29. The average molecular weight is 279 g/mol. The number of amides is 1. The maximum atomic E-state index is 12.5. The molecule has 0 bridgehead atoms. The molecule has 0 fully saturated rings. The van der Waals surface area contributed by atoms with E-state index in [9.17, 15) is 4.79 Å². The van der Waals surface area contributed by atoms with Gasteiger partial charge < -0.3 is 4.90 Å². The molecule has 0 N–H and O–H groups in total. The van der Waals surface area contributed by atoms with E-state index in [1.165, 1.54) is 16.7 Å². The van der Waals surface area contributed by atoms with Crippen molar-refractivity contribution in [1.82, 2.24) is 4.90 Å². The van der Waals surface area contributed by atoms with Gasteiger partial charge in [-0.25, -0.2) is 0 Å². The van der Waals surface area contributed by atoms with E-state index < -0.39 is 0 Å². The van der Waals surface area contributed by atoms with Crippen LogP contribution in [0.25, 0.3) is 0 Å². The predicted molar refractivity (Wildman–Crippen MR) is 85.1 cm³/mol. The van der Waals surface area contributed by atoms with Crippen LogP contribution in [0.1, 0.15) is 29.2 Å². The minimum Gasteiger partial charge on any atom is -0.338 e. The maximum absolute atomic E-state index is 12.5. The minimum absolute atomic E-state index is 0.230. The van der Waals surface area contributed by atoms with Gasteiger partial charge >= 0.3 is 0 Å². The van der Waals surface area contributed by atoms with E-state index >= 15 is 0 Å². The second-order valence-corrected chi connectivity index (χ2v) is 5.68. The summed E-state index contributed by atoms with van der Waals surface area (Å²) >= 11 is 0. The van der Waals surface area contributed by atoms with Gasteiger partial charge in [0, 0.05) is 13.1 Å². The van der Waals surface area contributed by atoms with Crippen molar-refractivity contribution in [2.75, 3.05) is 6.54 Å². The van der Waals surface area contributed by atoms with Gasteiger partial charge in [-0.2, -0.15) is 0 Å². The van der Waals surface area contributed by atoms with Crippen LogP contribution >= 0.6 is 0 Å². The number of aryl methyl sites for hydroxylation is 1. The van der Waals surface area contributed by atoms with E-state index in [1.807, 2.05) is 4.90 Å². The smallest absolute Gasteiger partial charge is 0.227 e. The summed E-state index contributed by atoms with van der Waals surface area (Å²) in [6.45, 7) is 3.73. The summed E-state index contributed by atoms with van der Waals surface area (Å²) in [5.41, 5.74) is 5.10. The Bertz CT molecular complexity index is 630. The van der Waals surface area contributed by atoms with E-state index in [0.29, 0.717) is 6.42 Å². The number of hydrogen-bond acceptors (Lipinski definition) is 1. The molecule has 2 nitrogen and oxygen atoms in total. The Morgan fingerprint density at radius 3 is 2.38 bits per heavy atom. The summed E-state index contributed by atoms with van der Waals surface area (Å²) in [5.74, 6) is 0.230. The number of nitrogens with zero attached hydrogens (tertiary/aromatic N) is 1. The quantitative estimate of drug-likeness (QED) is 0.843. The third-order valence-corrected chi connectivity index (χ3v) is 4.27. The molecular formula is C19H21NO. The molecule has 2 heteroatoms. The molecule has 0 unspecified atom stereocenters. The van der Waals surface area contributed by atoms with E-state index in [4.69, 9.17) is 0 Å². The summed E-state index contributed by atoms with van der Waals surface area (Å²) in [5, 5.41) is 0. The largest absolute Gasteiger partial charge is 0.338 e. The molecule has 0 aromatic heterocycles. The lowest BCUT2D eigenvalue weighted by Crippen LogP contribution is -2.36. The van der Waals surface area contributed by atoms with Crippen molar-refractivity contribution in [3.05, 3.63) is 70.8 Å². The molecule has 0 saturated heterocycles. The number of fused-ring (bicyclic) bond motifs is 1. The fraction of sp³-hybridized carbons (Fsp3) is 0.316. The molecule has 2 aromatic carbocycles. The SMILES string of the molecule is CCc1ccc(CC(=O)N2CCc3ccccc3C2)cc1. The normalized spacial score (nSPS) is 13.9. The lowest BCUT2D eigenvalue weighted by atomic mass is 9.99. The van der Waals surface area contributed by atoms with E-state index in [-0.39, 0.29) is 5.91 Å². The van der Waals surface area contributed by atoms with Gasteiger partial charge in [-0.1, -0.05) is 55.5 Å². The van der Waals surface area contributed by atoms with Crippen LogP contribution in [0, 0.1) is 0 Å². The molecule has 1 aliphatic heterocycles. The van der Waals surface area contributed by atoms with Gasteiger partial charge in [0.2, 0.25) is 5.91 Å². The van der Waals surface area contributed by atoms with Crippen molar-refractivity contribution in [2.45, 2.75) is 32.7 Å². The molecule has 0 radical (unpaired) electrons. The van der Waals surface area contributed by atoms with Crippen molar-refractivity contribution in [3.8, 4) is 0 Å². The van der Waals surface area contributed by atoms with Crippen molar-refractivity contribution in [1.29, 1.82) is 0 Å². The topological polar surface area (TPSA) is 20.3 Å². The van der Waals surface area contributed by atoms with E-state index in [0.717, 1.165) is 31.5 Å². The molecule has 0 saturated carbocycles. The van der Waals surface area contributed by atoms with E-state index in [1.54, 1.807) is 0 Å².